The van der Waals surface area contributed by atoms with Crippen molar-refractivity contribution in [2.45, 2.75) is 26.8 Å². The van der Waals surface area contributed by atoms with E-state index in [1.54, 1.807) is 39.0 Å². The van der Waals surface area contributed by atoms with E-state index in [9.17, 15) is 18.0 Å². The number of amides is 3. The molecule has 0 aromatic heterocycles. The van der Waals surface area contributed by atoms with Gasteiger partial charge in [0.15, 0.2) is 0 Å². The minimum atomic E-state index is -3.39. The van der Waals surface area contributed by atoms with Crippen molar-refractivity contribution < 1.29 is 18.0 Å². The second-order valence-electron chi connectivity index (χ2n) is 5.12. The normalized spacial score (nSPS) is 12.2. The van der Waals surface area contributed by atoms with Crippen LogP contribution in [0.15, 0.2) is 18.2 Å². The molecule has 4 N–H and O–H groups in total. The zero-order chi connectivity index (χ0) is 17.6. The summed E-state index contributed by atoms with van der Waals surface area (Å²) in [4.78, 5) is 23.2. The third-order valence-electron chi connectivity index (χ3n) is 2.88. The second kappa shape index (κ2) is 7.82. The Labute approximate surface area is 136 Å². The number of imide groups is 1. The lowest BCUT2D eigenvalue weighted by molar-refractivity contribution is -0.120. The molecule has 1 rings (SSSR count). The summed E-state index contributed by atoms with van der Waals surface area (Å²) in [5.41, 5.74) is 1.73. The fraction of sp³-hybridized carbons (Fsp3) is 0.429. The van der Waals surface area contributed by atoms with Gasteiger partial charge in [-0.05, 0) is 38.5 Å². The summed E-state index contributed by atoms with van der Waals surface area (Å²) < 4.78 is 25.1. The first-order valence-electron chi connectivity index (χ1n) is 7.06. The smallest absolute Gasteiger partial charge is 0.321 e. The Morgan fingerprint density at radius 1 is 1.26 bits per heavy atom. The first-order valence-corrected chi connectivity index (χ1v) is 8.95. The van der Waals surface area contributed by atoms with E-state index >= 15 is 0 Å². The quantitative estimate of drug-likeness (QED) is 0.616. The lowest BCUT2D eigenvalue weighted by Crippen LogP contribution is -2.45. The van der Waals surface area contributed by atoms with Gasteiger partial charge in [0.1, 0.15) is 6.04 Å². The van der Waals surface area contributed by atoms with Gasteiger partial charge in [-0.25, -0.2) is 13.2 Å². The second-order valence-corrected chi connectivity index (χ2v) is 6.87. The van der Waals surface area contributed by atoms with Crippen molar-refractivity contribution in [3.8, 4) is 0 Å². The van der Waals surface area contributed by atoms with Crippen LogP contribution in [0, 0.1) is 6.92 Å². The molecule has 3 amide bonds. The number of rotatable bonds is 6. The molecule has 0 aliphatic carbocycles. The van der Waals surface area contributed by atoms with Crippen LogP contribution < -0.4 is 20.7 Å². The van der Waals surface area contributed by atoms with Crippen LogP contribution in [-0.4, -0.2) is 39.2 Å². The Morgan fingerprint density at radius 2 is 1.91 bits per heavy atom. The van der Waals surface area contributed by atoms with Crippen LogP contribution in [0.25, 0.3) is 0 Å². The zero-order valence-corrected chi connectivity index (χ0v) is 14.4. The maximum atomic E-state index is 11.9. The maximum Gasteiger partial charge on any atom is 0.321 e. The lowest BCUT2D eigenvalue weighted by Gasteiger charge is -2.16. The Balaban J connectivity index is 2.78. The molecule has 0 bridgehead atoms. The molecule has 0 fully saturated rings. The van der Waals surface area contributed by atoms with Gasteiger partial charge in [-0.1, -0.05) is 6.07 Å². The van der Waals surface area contributed by atoms with Crippen molar-refractivity contribution in [2.75, 3.05) is 22.8 Å². The van der Waals surface area contributed by atoms with Crippen molar-refractivity contribution >= 4 is 33.3 Å². The molecule has 0 aliphatic heterocycles. The van der Waals surface area contributed by atoms with Crippen LogP contribution >= 0.6 is 0 Å². The highest BCUT2D eigenvalue weighted by Crippen LogP contribution is 2.21. The van der Waals surface area contributed by atoms with Gasteiger partial charge in [-0.3, -0.25) is 14.8 Å². The molecule has 0 unspecified atom stereocenters. The number of urea groups is 1. The van der Waals surface area contributed by atoms with Gasteiger partial charge in [0, 0.05) is 12.2 Å². The van der Waals surface area contributed by atoms with E-state index in [1.165, 1.54) is 0 Å². The summed E-state index contributed by atoms with van der Waals surface area (Å²) in [5.74, 6) is -0.492. The van der Waals surface area contributed by atoms with Crippen molar-refractivity contribution in [1.82, 2.24) is 10.6 Å². The van der Waals surface area contributed by atoms with E-state index in [2.05, 4.69) is 20.7 Å². The van der Waals surface area contributed by atoms with Crippen LogP contribution in [0.1, 0.15) is 19.4 Å². The number of carbonyl (C=O) groups excluding carboxylic acids is 2. The number of sulfonamides is 1. The van der Waals surface area contributed by atoms with Crippen molar-refractivity contribution in [3.05, 3.63) is 23.8 Å². The number of hydrogen-bond donors (Lipinski definition) is 4. The summed E-state index contributed by atoms with van der Waals surface area (Å²) >= 11 is 0. The van der Waals surface area contributed by atoms with Gasteiger partial charge in [0.05, 0.1) is 11.9 Å². The molecule has 0 radical (unpaired) electrons. The molecule has 1 atom stereocenters. The van der Waals surface area contributed by atoms with E-state index < -0.39 is 28.0 Å². The molecular formula is C14H22N4O4S. The number of anilines is 2. The van der Waals surface area contributed by atoms with Gasteiger partial charge in [-0.2, -0.15) is 0 Å². The number of aryl methyl sites for hydroxylation is 1. The van der Waals surface area contributed by atoms with E-state index in [0.29, 0.717) is 17.9 Å². The third kappa shape index (κ3) is 6.55. The first kappa shape index (κ1) is 18.8. The minimum Gasteiger partial charge on any atom is -0.374 e. The van der Waals surface area contributed by atoms with Crippen LogP contribution in [0.3, 0.4) is 0 Å². The fourth-order valence-corrected chi connectivity index (χ4v) is 2.38. The summed E-state index contributed by atoms with van der Waals surface area (Å²) in [6.45, 7) is 5.52. The maximum absolute atomic E-state index is 11.9. The molecule has 1 aromatic rings. The van der Waals surface area contributed by atoms with E-state index in [1.807, 2.05) is 0 Å². The molecule has 1 aromatic carbocycles. The van der Waals surface area contributed by atoms with E-state index in [-0.39, 0.29) is 0 Å². The van der Waals surface area contributed by atoms with Crippen molar-refractivity contribution in [3.63, 3.8) is 0 Å². The zero-order valence-electron chi connectivity index (χ0n) is 13.6. The van der Waals surface area contributed by atoms with Crippen LogP contribution in [-0.2, 0) is 14.8 Å². The highest BCUT2D eigenvalue weighted by Gasteiger charge is 2.16. The number of benzene rings is 1. The average Bonchev–Trinajstić information content (AvgIpc) is 2.41. The van der Waals surface area contributed by atoms with Gasteiger partial charge in [0.2, 0.25) is 15.9 Å². The SMILES string of the molecule is CCNC(=O)NC(=O)[C@H](C)Nc1ccc(C)c(NS(C)(=O)=O)c1. The Hall–Kier alpha value is -2.29. The standard InChI is InChI=1S/C14H22N4O4S/c1-5-15-14(20)17-13(19)10(3)16-11-7-6-9(2)12(8-11)18-23(4,21)22/h6-8,10,16,18H,5H2,1-4H3,(H2,15,17,19,20)/t10-/m0/s1. The Morgan fingerprint density at radius 3 is 2.48 bits per heavy atom. The lowest BCUT2D eigenvalue weighted by atomic mass is 10.1. The highest BCUT2D eigenvalue weighted by molar-refractivity contribution is 7.92. The predicted octanol–water partition coefficient (Wildman–Crippen LogP) is 1.01. The molecule has 0 spiro atoms. The van der Waals surface area contributed by atoms with Gasteiger partial charge < -0.3 is 10.6 Å². The summed E-state index contributed by atoms with van der Waals surface area (Å²) in [7, 11) is -3.39. The Kier molecular flexibility index (Phi) is 6.38. The average molecular weight is 342 g/mol. The van der Waals surface area contributed by atoms with Crippen molar-refractivity contribution in [2.24, 2.45) is 0 Å². The molecular weight excluding hydrogens is 320 g/mol. The van der Waals surface area contributed by atoms with Crippen LogP contribution in [0.5, 0.6) is 0 Å². The molecule has 0 saturated heterocycles. The number of nitrogens with one attached hydrogen (secondary N) is 4. The highest BCUT2D eigenvalue weighted by atomic mass is 32.2. The monoisotopic (exact) mass is 342 g/mol. The van der Waals surface area contributed by atoms with Gasteiger partial charge in [-0.15, -0.1) is 0 Å². The van der Waals surface area contributed by atoms with Crippen LogP contribution in [0.4, 0.5) is 16.2 Å². The van der Waals surface area contributed by atoms with Crippen molar-refractivity contribution in [1.29, 1.82) is 0 Å². The van der Waals surface area contributed by atoms with Gasteiger partial charge in [0.25, 0.3) is 0 Å². The topological polar surface area (TPSA) is 116 Å². The predicted molar refractivity (Wildman–Crippen MR) is 89.9 cm³/mol. The molecule has 0 heterocycles. The largest absolute Gasteiger partial charge is 0.374 e. The number of carbonyl (C=O) groups is 2. The fourth-order valence-electron chi connectivity index (χ4n) is 1.76. The van der Waals surface area contributed by atoms with Crippen LogP contribution in [0.2, 0.25) is 0 Å². The molecule has 128 valence electrons. The summed E-state index contributed by atoms with van der Waals surface area (Å²) in [5, 5.41) is 7.58. The Bertz CT molecular complexity index is 688. The summed E-state index contributed by atoms with van der Waals surface area (Å²) in [6, 6.07) is 3.80. The van der Waals surface area contributed by atoms with E-state index in [0.717, 1.165) is 11.8 Å². The molecule has 0 aliphatic rings. The first-order chi connectivity index (χ1) is 10.6. The number of hydrogen-bond acceptors (Lipinski definition) is 5. The molecule has 8 nitrogen and oxygen atoms in total. The third-order valence-corrected chi connectivity index (χ3v) is 3.47. The van der Waals surface area contributed by atoms with Gasteiger partial charge >= 0.3 is 6.03 Å². The minimum absolute atomic E-state index is 0.416. The molecule has 0 saturated carbocycles. The molecule has 23 heavy (non-hydrogen) atoms. The molecule has 9 heteroatoms. The van der Waals surface area contributed by atoms with E-state index in [4.69, 9.17) is 0 Å². The summed E-state index contributed by atoms with van der Waals surface area (Å²) in [6.07, 6.45) is 1.06.